The van der Waals surface area contributed by atoms with Gasteiger partial charge in [-0.15, -0.1) is 0 Å². The minimum atomic E-state index is -0.680. The number of benzene rings is 2. The molecule has 2 aliphatic heterocycles. The molecule has 1 spiro atoms. The molecule has 3 heterocycles. The molecule has 9 heteroatoms. The maximum atomic E-state index is 14.3. The quantitative estimate of drug-likeness (QED) is 0.454. The van der Waals surface area contributed by atoms with E-state index in [1.54, 1.807) is 9.80 Å². The number of likely N-dealkylation sites (N-methyl/N-ethyl adjacent to an activating group) is 2. The molecule has 2 N–H and O–H groups in total. The van der Waals surface area contributed by atoms with Crippen LogP contribution in [0.5, 0.6) is 0 Å². The Balaban J connectivity index is 1.22. The summed E-state index contributed by atoms with van der Waals surface area (Å²) in [6, 6.07) is 15.8. The van der Waals surface area contributed by atoms with E-state index in [2.05, 4.69) is 51.7 Å². The Morgan fingerprint density at radius 1 is 1.05 bits per heavy atom. The van der Waals surface area contributed by atoms with Crippen molar-refractivity contribution in [2.24, 2.45) is 7.05 Å². The van der Waals surface area contributed by atoms with Crippen LogP contribution in [0.3, 0.4) is 0 Å². The average Bonchev–Trinajstić information content (AvgIpc) is 3.54. The third-order valence-electron chi connectivity index (χ3n) is 10.4. The second kappa shape index (κ2) is 12.3. The largest absolute Gasteiger partial charge is 0.350 e. The number of amides is 4. The van der Waals surface area contributed by atoms with Gasteiger partial charge >= 0.3 is 6.03 Å². The number of nitrogens with zero attached hydrogens (tertiary/aromatic N) is 4. The van der Waals surface area contributed by atoms with Gasteiger partial charge in [-0.05, 0) is 61.4 Å². The number of rotatable bonds is 6. The summed E-state index contributed by atoms with van der Waals surface area (Å²) in [5, 5.41) is 7.64. The number of para-hydroxylation sites is 1. The van der Waals surface area contributed by atoms with Gasteiger partial charge in [-0.3, -0.25) is 9.59 Å². The van der Waals surface area contributed by atoms with Crippen LogP contribution in [0.25, 0.3) is 10.9 Å². The molecule has 1 aromatic heterocycles. The molecule has 2 saturated heterocycles. The minimum Gasteiger partial charge on any atom is -0.350 e. The second-order valence-corrected chi connectivity index (χ2v) is 13.3. The normalized spacial score (nSPS) is 21.6. The predicted molar refractivity (Wildman–Crippen MR) is 173 cm³/mol. The van der Waals surface area contributed by atoms with Crippen LogP contribution in [-0.4, -0.2) is 96.5 Å². The smallest absolute Gasteiger partial charge is 0.318 e. The first-order valence-electron chi connectivity index (χ1n) is 16.0. The Bertz CT molecular complexity index is 1530. The summed E-state index contributed by atoms with van der Waals surface area (Å²) < 4.78 is 2.08. The van der Waals surface area contributed by atoms with Crippen LogP contribution in [-0.2, 0) is 28.5 Å². The monoisotopic (exact) mass is 598 g/mol. The Labute approximate surface area is 260 Å². The molecular formula is C35H46N6O3. The first-order chi connectivity index (χ1) is 21.2. The first kappa shape index (κ1) is 30.2. The van der Waals surface area contributed by atoms with E-state index in [1.165, 1.54) is 5.56 Å². The Morgan fingerprint density at radius 2 is 1.77 bits per heavy atom. The highest BCUT2D eigenvalue weighted by Crippen LogP contribution is 2.52. The van der Waals surface area contributed by atoms with Crippen molar-refractivity contribution in [3.05, 3.63) is 71.4 Å². The van der Waals surface area contributed by atoms with Crippen molar-refractivity contribution in [1.82, 2.24) is 29.9 Å². The molecule has 3 unspecified atom stereocenters. The zero-order valence-corrected chi connectivity index (χ0v) is 26.5. The van der Waals surface area contributed by atoms with Crippen LogP contribution in [0.2, 0.25) is 0 Å². The summed E-state index contributed by atoms with van der Waals surface area (Å²) in [5.41, 5.74) is 4.42. The fraction of sp³-hybridized carbons (Fsp3) is 0.514. The molecule has 3 atom stereocenters. The Kier molecular flexibility index (Phi) is 8.42. The summed E-state index contributed by atoms with van der Waals surface area (Å²) >= 11 is 0. The van der Waals surface area contributed by atoms with Crippen LogP contribution < -0.4 is 10.6 Å². The average molecular weight is 599 g/mol. The Hall–Kier alpha value is -3.85. The highest BCUT2D eigenvalue weighted by Gasteiger charge is 2.48. The van der Waals surface area contributed by atoms with E-state index < -0.39 is 6.04 Å². The highest BCUT2D eigenvalue weighted by molar-refractivity contribution is 5.90. The van der Waals surface area contributed by atoms with Gasteiger partial charge in [0.1, 0.15) is 6.04 Å². The van der Waals surface area contributed by atoms with Crippen molar-refractivity contribution < 1.29 is 14.4 Å². The topological polar surface area (TPSA) is 89.9 Å². The molecule has 3 aliphatic rings. The summed E-state index contributed by atoms with van der Waals surface area (Å²) in [6.45, 7) is 2.93. The number of hydrogen-bond acceptors (Lipinski definition) is 4. The molecule has 9 nitrogen and oxygen atoms in total. The SMILES string of the molecule is CN(C)C(=O)C1CC2(CCN(C(=O)C(Cc3cn(C)c4ccccc34)NC(=O)N(C)C3CCCNC3)CC2)c2ccccc21. The molecule has 1 aliphatic carbocycles. The number of aryl methyl sites for hydroxylation is 1. The number of urea groups is 1. The van der Waals surface area contributed by atoms with Gasteiger partial charge in [-0.25, -0.2) is 4.79 Å². The van der Waals surface area contributed by atoms with Crippen molar-refractivity contribution >= 4 is 28.7 Å². The number of nitrogens with one attached hydrogen (secondary N) is 2. The first-order valence-corrected chi connectivity index (χ1v) is 16.0. The van der Waals surface area contributed by atoms with E-state index in [4.69, 9.17) is 0 Å². The number of hydrogen-bond donors (Lipinski definition) is 2. The van der Waals surface area contributed by atoms with Gasteiger partial charge in [0.2, 0.25) is 11.8 Å². The number of carbonyl (C=O) groups is 3. The second-order valence-electron chi connectivity index (χ2n) is 13.3. The zero-order chi connectivity index (χ0) is 31.0. The molecule has 4 amide bonds. The molecule has 0 saturated carbocycles. The molecule has 0 bridgehead atoms. The number of piperidine rings is 2. The van der Waals surface area contributed by atoms with E-state index >= 15 is 0 Å². The van der Waals surface area contributed by atoms with Gasteiger partial charge in [0.15, 0.2) is 0 Å². The lowest BCUT2D eigenvalue weighted by molar-refractivity contribution is -0.135. The third kappa shape index (κ3) is 5.58. The van der Waals surface area contributed by atoms with Gasteiger partial charge in [0.05, 0.1) is 5.92 Å². The van der Waals surface area contributed by atoms with E-state index in [9.17, 15) is 14.4 Å². The molecule has 44 heavy (non-hydrogen) atoms. The van der Waals surface area contributed by atoms with Crippen molar-refractivity contribution in [2.75, 3.05) is 47.3 Å². The lowest BCUT2D eigenvalue weighted by atomic mass is 9.73. The van der Waals surface area contributed by atoms with E-state index in [-0.39, 0.29) is 35.2 Å². The van der Waals surface area contributed by atoms with Gasteiger partial charge < -0.3 is 29.9 Å². The van der Waals surface area contributed by atoms with Gasteiger partial charge in [0.25, 0.3) is 0 Å². The lowest BCUT2D eigenvalue weighted by Crippen LogP contribution is -2.57. The van der Waals surface area contributed by atoms with Crippen molar-refractivity contribution in [1.29, 1.82) is 0 Å². The number of carbonyl (C=O) groups excluding carboxylic acids is 3. The van der Waals surface area contributed by atoms with Gasteiger partial charge in [0, 0.05) is 82.8 Å². The van der Waals surface area contributed by atoms with Crippen molar-refractivity contribution in [3.8, 4) is 0 Å². The number of fused-ring (bicyclic) bond motifs is 3. The molecule has 0 radical (unpaired) electrons. The van der Waals surface area contributed by atoms with E-state index in [0.29, 0.717) is 19.5 Å². The molecule has 2 aromatic carbocycles. The standard InChI is InChI=1S/C35H46N6O3/c1-38(2)32(42)28-21-35(29-13-7-5-12-27(28)29)15-18-41(19-16-35)33(43)30(37-34(44)40(4)25-10-9-17-36-22-25)20-24-23-39(3)31-14-8-6-11-26(24)31/h5-8,11-14,23,25,28,30,36H,9-10,15-22H2,1-4H3,(H,37,44). The van der Waals surface area contributed by atoms with Gasteiger partial charge in [-0.2, -0.15) is 0 Å². The lowest BCUT2D eigenvalue weighted by Gasteiger charge is -2.41. The van der Waals surface area contributed by atoms with Gasteiger partial charge in [-0.1, -0.05) is 42.5 Å². The highest BCUT2D eigenvalue weighted by atomic mass is 16.2. The fourth-order valence-corrected chi connectivity index (χ4v) is 7.86. The van der Waals surface area contributed by atoms with Crippen molar-refractivity contribution in [2.45, 2.75) is 61.9 Å². The molecule has 6 rings (SSSR count). The summed E-state index contributed by atoms with van der Waals surface area (Å²) in [5.74, 6) is -0.0434. The Morgan fingerprint density at radius 3 is 2.50 bits per heavy atom. The van der Waals surface area contributed by atoms with Crippen LogP contribution in [0.4, 0.5) is 4.79 Å². The number of aromatic nitrogens is 1. The van der Waals surface area contributed by atoms with Crippen LogP contribution in [0, 0.1) is 0 Å². The van der Waals surface area contributed by atoms with Crippen molar-refractivity contribution in [3.63, 3.8) is 0 Å². The predicted octanol–water partition coefficient (Wildman–Crippen LogP) is 3.62. The summed E-state index contributed by atoms with van der Waals surface area (Å²) in [6.07, 6.45) is 6.86. The zero-order valence-electron chi connectivity index (χ0n) is 26.5. The van der Waals surface area contributed by atoms with E-state index in [0.717, 1.165) is 67.2 Å². The molecule has 2 fully saturated rings. The van der Waals surface area contributed by atoms with Crippen LogP contribution >= 0.6 is 0 Å². The molecule has 3 aromatic rings. The maximum absolute atomic E-state index is 14.3. The summed E-state index contributed by atoms with van der Waals surface area (Å²) in [4.78, 5) is 46.4. The fourth-order valence-electron chi connectivity index (χ4n) is 7.86. The number of likely N-dealkylation sites (tertiary alicyclic amines) is 1. The third-order valence-corrected chi connectivity index (χ3v) is 10.4. The van der Waals surface area contributed by atoms with Crippen LogP contribution in [0.15, 0.2) is 54.7 Å². The minimum absolute atomic E-state index is 0.0384. The van der Waals surface area contributed by atoms with Crippen LogP contribution in [0.1, 0.15) is 54.7 Å². The summed E-state index contributed by atoms with van der Waals surface area (Å²) in [7, 11) is 7.50. The maximum Gasteiger partial charge on any atom is 0.318 e. The molecule has 234 valence electrons. The van der Waals surface area contributed by atoms with E-state index in [1.807, 2.05) is 51.3 Å². The molecular weight excluding hydrogens is 552 g/mol.